The lowest BCUT2D eigenvalue weighted by molar-refractivity contribution is -0.146. The fraction of sp³-hybridized carbons (Fsp3) is 0.765. The van der Waals surface area contributed by atoms with Crippen molar-refractivity contribution in [2.75, 3.05) is 27.2 Å². The molecule has 25 heavy (non-hydrogen) atoms. The number of hydrogen-bond donors (Lipinski definition) is 1. The summed E-state index contributed by atoms with van der Waals surface area (Å²) < 4.78 is 14.2. The van der Waals surface area contributed by atoms with E-state index in [4.69, 9.17) is 0 Å². The van der Waals surface area contributed by atoms with Crippen molar-refractivity contribution in [3.8, 4) is 6.07 Å². The number of aldehydes is 1. The molecular formula is C17H27FN4O3. The molecule has 0 aromatic rings. The molecule has 0 aliphatic carbocycles. The average Bonchev–Trinajstić information content (AvgIpc) is 2.98. The number of amides is 2. The second-order valence-corrected chi connectivity index (χ2v) is 7.06. The van der Waals surface area contributed by atoms with Crippen molar-refractivity contribution in [2.24, 2.45) is 5.92 Å². The van der Waals surface area contributed by atoms with Gasteiger partial charge in [0.05, 0.1) is 6.07 Å². The molecular weight excluding hydrogens is 327 g/mol. The number of alkyl halides is 1. The fourth-order valence-electron chi connectivity index (χ4n) is 2.96. The maximum absolute atomic E-state index is 14.2. The van der Waals surface area contributed by atoms with Gasteiger partial charge in [-0.05, 0) is 27.3 Å². The maximum Gasteiger partial charge on any atom is 0.246 e. The molecule has 0 saturated carbocycles. The number of nitrogens with zero attached hydrogens (tertiary/aromatic N) is 3. The van der Waals surface area contributed by atoms with E-state index in [1.54, 1.807) is 7.05 Å². The Morgan fingerprint density at radius 2 is 2.16 bits per heavy atom. The Balaban J connectivity index is 3.02. The van der Waals surface area contributed by atoms with E-state index in [-0.39, 0.29) is 31.7 Å². The summed E-state index contributed by atoms with van der Waals surface area (Å²) in [5.74, 6) is -1.17. The van der Waals surface area contributed by atoms with Gasteiger partial charge in [-0.3, -0.25) is 9.59 Å². The Morgan fingerprint density at radius 3 is 2.64 bits per heavy atom. The molecule has 0 aromatic heterocycles. The summed E-state index contributed by atoms with van der Waals surface area (Å²) in [7, 11) is 3.18. The van der Waals surface area contributed by atoms with Crippen LogP contribution in [0.1, 0.15) is 33.1 Å². The van der Waals surface area contributed by atoms with Gasteiger partial charge in [0.2, 0.25) is 11.8 Å². The molecule has 1 aliphatic rings. The molecule has 8 heteroatoms. The molecule has 3 atom stereocenters. The van der Waals surface area contributed by atoms with Crippen molar-refractivity contribution in [1.29, 1.82) is 5.26 Å². The first kappa shape index (κ1) is 21.0. The van der Waals surface area contributed by atoms with Gasteiger partial charge < -0.3 is 19.9 Å². The average molecular weight is 354 g/mol. The van der Waals surface area contributed by atoms with E-state index in [1.807, 2.05) is 6.07 Å². The van der Waals surface area contributed by atoms with Gasteiger partial charge in [-0.25, -0.2) is 4.39 Å². The third-order valence-electron chi connectivity index (χ3n) is 4.37. The van der Waals surface area contributed by atoms with E-state index in [0.29, 0.717) is 6.54 Å². The first-order valence-corrected chi connectivity index (χ1v) is 8.39. The zero-order valence-electron chi connectivity index (χ0n) is 15.3. The van der Waals surface area contributed by atoms with Gasteiger partial charge in [-0.2, -0.15) is 5.26 Å². The summed E-state index contributed by atoms with van der Waals surface area (Å²) in [6.07, 6.45) is 1.01. The lowest BCUT2D eigenvalue weighted by Crippen LogP contribution is -2.52. The van der Waals surface area contributed by atoms with E-state index in [0.717, 1.165) is 6.29 Å². The van der Waals surface area contributed by atoms with Crippen molar-refractivity contribution >= 4 is 18.1 Å². The number of hydrogen-bond acceptors (Lipinski definition) is 5. The highest BCUT2D eigenvalue weighted by Gasteiger charge is 2.41. The molecule has 1 heterocycles. The highest BCUT2D eigenvalue weighted by molar-refractivity contribution is 5.88. The summed E-state index contributed by atoms with van der Waals surface area (Å²) in [6, 6.07) is 0.282. The van der Waals surface area contributed by atoms with Crippen molar-refractivity contribution in [3.05, 3.63) is 0 Å². The van der Waals surface area contributed by atoms with Crippen LogP contribution in [0.3, 0.4) is 0 Å². The highest BCUT2D eigenvalue weighted by Crippen LogP contribution is 2.27. The van der Waals surface area contributed by atoms with E-state index < -0.39 is 29.6 Å². The lowest BCUT2D eigenvalue weighted by atomic mass is 9.98. The summed E-state index contributed by atoms with van der Waals surface area (Å²) in [4.78, 5) is 38.8. The molecule has 1 saturated heterocycles. The Morgan fingerprint density at radius 1 is 1.52 bits per heavy atom. The van der Waals surface area contributed by atoms with Crippen molar-refractivity contribution < 1.29 is 18.8 Å². The first-order chi connectivity index (χ1) is 11.6. The van der Waals surface area contributed by atoms with E-state index in [9.17, 15) is 24.0 Å². The van der Waals surface area contributed by atoms with Crippen LogP contribution >= 0.6 is 0 Å². The fourth-order valence-corrected chi connectivity index (χ4v) is 2.96. The van der Waals surface area contributed by atoms with Gasteiger partial charge in [-0.15, -0.1) is 0 Å². The molecule has 7 nitrogen and oxygen atoms in total. The van der Waals surface area contributed by atoms with Gasteiger partial charge in [0.25, 0.3) is 0 Å². The third kappa shape index (κ3) is 5.78. The number of nitriles is 1. The second kappa shape index (κ2) is 8.90. The van der Waals surface area contributed by atoms with Gasteiger partial charge in [0.15, 0.2) is 0 Å². The topological polar surface area (TPSA) is 93.5 Å². The number of likely N-dealkylation sites (tertiary alicyclic amines) is 1. The van der Waals surface area contributed by atoms with Crippen molar-refractivity contribution in [3.63, 3.8) is 0 Å². The summed E-state index contributed by atoms with van der Waals surface area (Å²) in [6.45, 7) is 3.27. The molecule has 2 amide bonds. The van der Waals surface area contributed by atoms with Crippen molar-refractivity contribution in [1.82, 2.24) is 15.1 Å². The molecule has 0 bridgehead atoms. The van der Waals surface area contributed by atoms with Crippen LogP contribution in [-0.4, -0.2) is 72.8 Å². The molecule has 1 N–H and O–H groups in total. The highest BCUT2D eigenvalue weighted by atomic mass is 19.1. The van der Waals surface area contributed by atoms with Gasteiger partial charge in [0.1, 0.15) is 24.0 Å². The van der Waals surface area contributed by atoms with E-state index in [1.165, 1.54) is 30.7 Å². The van der Waals surface area contributed by atoms with Gasteiger partial charge in [0, 0.05) is 38.9 Å². The number of carbonyl (C=O) groups is 3. The largest absolute Gasteiger partial charge is 0.334 e. The monoisotopic (exact) mass is 354 g/mol. The van der Waals surface area contributed by atoms with Crippen LogP contribution in [-0.2, 0) is 14.4 Å². The predicted molar refractivity (Wildman–Crippen MR) is 90.2 cm³/mol. The number of likely N-dealkylation sites (N-methyl/N-ethyl adjacent to an activating group) is 1. The predicted octanol–water partition coefficient (Wildman–Crippen LogP) is 0.501. The standard InChI is InChI=1S/C17H27FN4O3/c1-17(2,18)8-14(21(4)15(24)5-6-20-3)16(25)22-10-12(11-23)7-13(22)9-19/h11-14,20H,5-8,10H2,1-4H3. The van der Waals surface area contributed by atoms with Crippen molar-refractivity contribution in [2.45, 2.75) is 50.9 Å². The Kier molecular flexibility index (Phi) is 7.49. The number of rotatable bonds is 8. The summed E-state index contributed by atoms with van der Waals surface area (Å²) in [5, 5.41) is 12.1. The molecule has 3 unspecified atom stereocenters. The normalized spacial score (nSPS) is 21.5. The van der Waals surface area contributed by atoms with Crippen LogP contribution in [0.15, 0.2) is 0 Å². The van der Waals surface area contributed by atoms with Crippen LogP contribution in [0.25, 0.3) is 0 Å². The zero-order valence-corrected chi connectivity index (χ0v) is 15.3. The minimum atomic E-state index is -1.66. The van der Waals surface area contributed by atoms with Crippen LogP contribution < -0.4 is 5.32 Å². The maximum atomic E-state index is 14.2. The molecule has 1 fully saturated rings. The third-order valence-corrected chi connectivity index (χ3v) is 4.37. The van der Waals surface area contributed by atoms with Gasteiger partial charge >= 0.3 is 0 Å². The Hall–Kier alpha value is -2.01. The second-order valence-electron chi connectivity index (χ2n) is 7.06. The minimum absolute atomic E-state index is 0.127. The first-order valence-electron chi connectivity index (χ1n) is 8.39. The van der Waals surface area contributed by atoms with E-state index >= 15 is 0 Å². The van der Waals surface area contributed by atoms with Crippen LogP contribution in [0, 0.1) is 17.2 Å². The Bertz CT molecular complexity index is 541. The molecule has 1 aliphatic heterocycles. The SMILES string of the molecule is CNCCC(=O)N(C)C(CC(C)(C)F)C(=O)N1CC(C=O)CC1C#N. The van der Waals surface area contributed by atoms with Crippen LogP contribution in [0.2, 0.25) is 0 Å². The number of nitrogens with one attached hydrogen (secondary N) is 1. The summed E-state index contributed by atoms with van der Waals surface area (Å²) in [5.41, 5.74) is -1.66. The smallest absolute Gasteiger partial charge is 0.246 e. The zero-order chi connectivity index (χ0) is 19.2. The molecule has 0 radical (unpaired) electrons. The quantitative estimate of drug-likeness (QED) is 0.641. The number of halogens is 1. The van der Waals surface area contributed by atoms with Crippen LogP contribution in [0.5, 0.6) is 0 Å². The van der Waals surface area contributed by atoms with Gasteiger partial charge in [-0.1, -0.05) is 0 Å². The number of carbonyl (C=O) groups excluding carboxylic acids is 3. The minimum Gasteiger partial charge on any atom is -0.334 e. The Labute approximate surface area is 148 Å². The summed E-state index contributed by atoms with van der Waals surface area (Å²) >= 11 is 0. The molecule has 0 aromatic carbocycles. The van der Waals surface area contributed by atoms with E-state index in [2.05, 4.69) is 5.32 Å². The molecule has 140 valence electrons. The molecule has 0 spiro atoms. The molecule has 1 rings (SSSR count). The lowest BCUT2D eigenvalue weighted by Gasteiger charge is -2.34. The van der Waals surface area contributed by atoms with Crippen LogP contribution in [0.4, 0.5) is 4.39 Å².